The van der Waals surface area contributed by atoms with Crippen LogP contribution in [0.15, 0.2) is 30.3 Å². The molecule has 2 unspecified atom stereocenters. The third-order valence-electron chi connectivity index (χ3n) is 3.78. The highest BCUT2D eigenvalue weighted by Gasteiger charge is 2.28. The predicted octanol–water partition coefficient (Wildman–Crippen LogP) is 3.62. The summed E-state index contributed by atoms with van der Waals surface area (Å²) in [7, 11) is 0. The van der Waals surface area contributed by atoms with Crippen molar-refractivity contribution in [1.29, 1.82) is 0 Å². The average Bonchev–Trinajstić information content (AvgIpc) is 2.74. The van der Waals surface area contributed by atoms with Gasteiger partial charge < -0.3 is 0 Å². The van der Waals surface area contributed by atoms with E-state index in [-0.39, 0.29) is 0 Å². The third kappa shape index (κ3) is 2.72. The predicted molar refractivity (Wildman–Crippen MR) is 66.3 cm³/mol. The Bertz CT molecular complexity index is 342. The van der Waals surface area contributed by atoms with E-state index in [1.807, 2.05) is 18.2 Å². The summed E-state index contributed by atoms with van der Waals surface area (Å²) >= 11 is 0. The molecule has 86 valence electrons. The number of ketones is 1. The monoisotopic (exact) mass is 216 g/mol. The van der Waals surface area contributed by atoms with Gasteiger partial charge in [-0.05, 0) is 30.7 Å². The molecule has 1 aromatic carbocycles. The van der Waals surface area contributed by atoms with Crippen molar-refractivity contribution in [3.8, 4) is 0 Å². The molecule has 2 atom stereocenters. The van der Waals surface area contributed by atoms with Crippen LogP contribution in [0.1, 0.15) is 38.2 Å². The van der Waals surface area contributed by atoms with E-state index in [1.165, 1.54) is 18.4 Å². The molecule has 0 aliphatic heterocycles. The van der Waals surface area contributed by atoms with Gasteiger partial charge in [-0.1, -0.05) is 43.7 Å². The quantitative estimate of drug-likeness (QED) is 0.751. The van der Waals surface area contributed by atoms with Gasteiger partial charge in [-0.25, -0.2) is 0 Å². The molecule has 1 nitrogen and oxygen atoms in total. The van der Waals surface area contributed by atoms with E-state index in [2.05, 4.69) is 19.1 Å². The van der Waals surface area contributed by atoms with E-state index in [0.717, 1.165) is 19.3 Å². The van der Waals surface area contributed by atoms with Crippen molar-refractivity contribution < 1.29 is 4.79 Å². The number of carbonyl (C=O) groups is 1. The fourth-order valence-corrected chi connectivity index (χ4v) is 2.72. The highest BCUT2D eigenvalue weighted by molar-refractivity contribution is 5.81. The first kappa shape index (κ1) is 11.4. The average molecular weight is 216 g/mol. The molecule has 1 fully saturated rings. The first-order valence-electron chi connectivity index (χ1n) is 6.34. The summed E-state index contributed by atoms with van der Waals surface area (Å²) in [4.78, 5) is 12.0. The van der Waals surface area contributed by atoms with Crippen LogP contribution in [0.25, 0.3) is 0 Å². The van der Waals surface area contributed by atoms with Crippen LogP contribution in [0.4, 0.5) is 0 Å². The molecule has 0 spiro atoms. The van der Waals surface area contributed by atoms with Crippen LogP contribution in [0, 0.1) is 11.8 Å². The molecule has 2 rings (SSSR count). The summed E-state index contributed by atoms with van der Waals surface area (Å²) in [5, 5.41) is 0. The Hall–Kier alpha value is -1.11. The van der Waals surface area contributed by atoms with Crippen LogP contribution in [0.5, 0.6) is 0 Å². The SMILES string of the molecule is CC1CCCC1C(=O)CCc1ccccc1. The van der Waals surface area contributed by atoms with Gasteiger partial charge in [-0.3, -0.25) is 4.79 Å². The molecule has 0 radical (unpaired) electrons. The highest BCUT2D eigenvalue weighted by atomic mass is 16.1. The van der Waals surface area contributed by atoms with Gasteiger partial charge in [-0.2, -0.15) is 0 Å². The van der Waals surface area contributed by atoms with Crippen molar-refractivity contribution in [2.75, 3.05) is 0 Å². The summed E-state index contributed by atoms with van der Waals surface area (Å²) in [6.45, 7) is 2.22. The Balaban J connectivity index is 1.84. The van der Waals surface area contributed by atoms with E-state index in [4.69, 9.17) is 0 Å². The van der Waals surface area contributed by atoms with Crippen LogP contribution in [-0.4, -0.2) is 5.78 Å². The number of aryl methyl sites for hydroxylation is 1. The van der Waals surface area contributed by atoms with Gasteiger partial charge >= 0.3 is 0 Å². The second kappa shape index (κ2) is 5.29. The summed E-state index contributed by atoms with van der Waals surface area (Å²) in [6.07, 6.45) is 5.22. The molecule has 1 aromatic rings. The van der Waals surface area contributed by atoms with Gasteiger partial charge in [0.25, 0.3) is 0 Å². The first-order valence-corrected chi connectivity index (χ1v) is 6.34. The number of Topliss-reactive ketones (excluding diaryl/α,β-unsaturated/α-hetero) is 1. The molecular formula is C15H20O. The molecule has 0 aromatic heterocycles. The lowest BCUT2D eigenvalue weighted by Gasteiger charge is -2.13. The van der Waals surface area contributed by atoms with Crippen LogP contribution in [-0.2, 0) is 11.2 Å². The van der Waals surface area contributed by atoms with E-state index < -0.39 is 0 Å². The van der Waals surface area contributed by atoms with E-state index in [1.54, 1.807) is 0 Å². The minimum Gasteiger partial charge on any atom is -0.299 e. The minimum atomic E-state index is 0.351. The Morgan fingerprint density at radius 2 is 2.00 bits per heavy atom. The fraction of sp³-hybridized carbons (Fsp3) is 0.533. The molecule has 0 amide bonds. The zero-order chi connectivity index (χ0) is 11.4. The van der Waals surface area contributed by atoms with Crippen molar-refractivity contribution in [1.82, 2.24) is 0 Å². The molecule has 0 bridgehead atoms. The molecule has 0 saturated heterocycles. The van der Waals surface area contributed by atoms with Crippen LogP contribution in [0.3, 0.4) is 0 Å². The summed E-state index contributed by atoms with van der Waals surface area (Å²) in [5.74, 6) is 1.45. The largest absolute Gasteiger partial charge is 0.299 e. The van der Waals surface area contributed by atoms with E-state index in [9.17, 15) is 4.79 Å². The third-order valence-corrected chi connectivity index (χ3v) is 3.78. The minimum absolute atomic E-state index is 0.351. The zero-order valence-corrected chi connectivity index (χ0v) is 9.99. The van der Waals surface area contributed by atoms with Gasteiger partial charge in [0.15, 0.2) is 0 Å². The standard InChI is InChI=1S/C15H20O/c1-12-6-5-9-14(12)15(16)11-10-13-7-3-2-4-8-13/h2-4,7-8,12,14H,5-6,9-11H2,1H3. The lowest BCUT2D eigenvalue weighted by molar-refractivity contribution is -0.123. The molecular weight excluding hydrogens is 196 g/mol. The molecule has 1 heteroatoms. The van der Waals surface area contributed by atoms with Gasteiger partial charge in [0, 0.05) is 12.3 Å². The van der Waals surface area contributed by atoms with Crippen LogP contribution >= 0.6 is 0 Å². The Morgan fingerprint density at radius 3 is 2.62 bits per heavy atom. The topological polar surface area (TPSA) is 17.1 Å². The number of rotatable bonds is 4. The van der Waals surface area contributed by atoms with Gasteiger partial charge in [-0.15, -0.1) is 0 Å². The molecule has 1 aliphatic rings. The highest BCUT2D eigenvalue weighted by Crippen LogP contribution is 2.32. The second-order valence-corrected chi connectivity index (χ2v) is 4.97. The summed E-state index contributed by atoms with van der Waals surface area (Å²) in [5.41, 5.74) is 1.28. The summed E-state index contributed by atoms with van der Waals surface area (Å²) in [6, 6.07) is 10.3. The van der Waals surface area contributed by atoms with Crippen molar-refractivity contribution in [3.63, 3.8) is 0 Å². The maximum atomic E-state index is 12.0. The number of hydrogen-bond donors (Lipinski definition) is 0. The lowest BCUT2D eigenvalue weighted by atomic mass is 9.90. The van der Waals surface area contributed by atoms with E-state index >= 15 is 0 Å². The van der Waals surface area contributed by atoms with Gasteiger partial charge in [0.2, 0.25) is 0 Å². The Kier molecular flexibility index (Phi) is 3.76. The number of hydrogen-bond acceptors (Lipinski definition) is 1. The van der Waals surface area contributed by atoms with Gasteiger partial charge in [0.1, 0.15) is 5.78 Å². The number of carbonyl (C=O) groups excluding carboxylic acids is 1. The second-order valence-electron chi connectivity index (χ2n) is 4.97. The molecule has 1 saturated carbocycles. The van der Waals surface area contributed by atoms with Crippen molar-refractivity contribution in [2.45, 2.75) is 39.0 Å². The Labute approximate surface area is 97.9 Å². The molecule has 0 N–H and O–H groups in total. The first-order chi connectivity index (χ1) is 7.77. The summed E-state index contributed by atoms with van der Waals surface area (Å²) < 4.78 is 0. The molecule has 0 heterocycles. The van der Waals surface area contributed by atoms with Crippen molar-refractivity contribution >= 4 is 5.78 Å². The maximum absolute atomic E-state index is 12.0. The van der Waals surface area contributed by atoms with Crippen LogP contribution in [0.2, 0.25) is 0 Å². The normalized spacial score (nSPS) is 24.6. The molecule has 16 heavy (non-hydrogen) atoms. The van der Waals surface area contributed by atoms with E-state index in [0.29, 0.717) is 17.6 Å². The molecule has 1 aliphatic carbocycles. The maximum Gasteiger partial charge on any atom is 0.136 e. The fourth-order valence-electron chi connectivity index (χ4n) is 2.72. The number of benzene rings is 1. The van der Waals surface area contributed by atoms with Crippen LogP contribution < -0.4 is 0 Å². The van der Waals surface area contributed by atoms with Crippen molar-refractivity contribution in [3.05, 3.63) is 35.9 Å². The lowest BCUT2D eigenvalue weighted by Crippen LogP contribution is -2.17. The smallest absolute Gasteiger partial charge is 0.136 e. The van der Waals surface area contributed by atoms with Crippen molar-refractivity contribution in [2.24, 2.45) is 11.8 Å². The van der Waals surface area contributed by atoms with Gasteiger partial charge in [0.05, 0.1) is 0 Å². The Morgan fingerprint density at radius 1 is 1.25 bits per heavy atom. The zero-order valence-electron chi connectivity index (χ0n) is 9.99.